The van der Waals surface area contributed by atoms with Gasteiger partial charge in [-0.25, -0.2) is 8.42 Å². The summed E-state index contributed by atoms with van der Waals surface area (Å²) in [7, 11) is -3.20. The summed E-state index contributed by atoms with van der Waals surface area (Å²) in [5.41, 5.74) is 1.06. The highest BCUT2D eigenvalue weighted by atomic mass is 32.2. The van der Waals surface area contributed by atoms with Crippen LogP contribution in [-0.4, -0.2) is 49.9 Å². The van der Waals surface area contributed by atoms with Crippen LogP contribution in [0, 0.1) is 12.8 Å². The number of aliphatic hydroxyl groups is 1. The van der Waals surface area contributed by atoms with Crippen LogP contribution in [0.25, 0.3) is 0 Å². The largest absolute Gasteiger partial charge is 0.395 e. The lowest BCUT2D eigenvalue weighted by Crippen LogP contribution is -2.47. The van der Waals surface area contributed by atoms with E-state index in [4.69, 9.17) is 0 Å². The van der Waals surface area contributed by atoms with E-state index in [-0.39, 0.29) is 18.4 Å². The second-order valence-electron chi connectivity index (χ2n) is 6.39. The molecule has 0 radical (unpaired) electrons. The highest BCUT2D eigenvalue weighted by Gasteiger charge is 2.27. The van der Waals surface area contributed by atoms with E-state index in [1.54, 1.807) is 12.1 Å². The number of aryl methyl sites for hydroxylation is 1. The Morgan fingerprint density at radius 3 is 2.59 bits per heavy atom. The summed E-state index contributed by atoms with van der Waals surface area (Å²) in [6, 6.07) is 7.21. The van der Waals surface area contributed by atoms with Crippen molar-refractivity contribution in [3.63, 3.8) is 0 Å². The first-order valence-electron chi connectivity index (χ1n) is 8.08. The van der Waals surface area contributed by atoms with Gasteiger partial charge in [0.05, 0.1) is 17.3 Å². The summed E-state index contributed by atoms with van der Waals surface area (Å²) in [6.45, 7) is 5.96. The number of hydrogen-bond acceptors (Lipinski definition) is 4. The van der Waals surface area contributed by atoms with Gasteiger partial charge in [-0.15, -0.1) is 0 Å². The van der Waals surface area contributed by atoms with E-state index in [9.17, 15) is 13.5 Å². The summed E-state index contributed by atoms with van der Waals surface area (Å²) in [6.07, 6.45) is 2.88. The Kier molecular flexibility index (Phi) is 6.01. The number of sulfone groups is 1. The summed E-state index contributed by atoms with van der Waals surface area (Å²) >= 11 is 0. The zero-order chi connectivity index (χ0) is 16.2. The first-order chi connectivity index (χ1) is 10.4. The maximum atomic E-state index is 12.3. The fourth-order valence-corrected chi connectivity index (χ4v) is 4.52. The molecule has 1 aromatic rings. The highest BCUT2D eigenvalue weighted by molar-refractivity contribution is 7.91. The molecule has 1 aliphatic rings. The van der Waals surface area contributed by atoms with Gasteiger partial charge in [0.2, 0.25) is 0 Å². The average Bonchev–Trinajstić information content (AvgIpc) is 2.48. The van der Waals surface area contributed by atoms with Gasteiger partial charge in [0.1, 0.15) is 0 Å². The molecular weight excluding hydrogens is 298 g/mol. The molecule has 4 nitrogen and oxygen atoms in total. The van der Waals surface area contributed by atoms with Crippen molar-refractivity contribution in [3.8, 4) is 0 Å². The van der Waals surface area contributed by atoms with E-state index >= 15 is 0 Å². The van der Waals surface area contributed by atoms with Gasteiger partial charge in [0, 0.05) is 6.04 Å². The third kappa shape index (κ3) is 4.31. The van der Waals surface area contributed by atoms with Crippen LogP contribution >= 0.6 is 0 Å². The summed E-state index contributed by atoms with van der Waals surface area (Å²) in [5.74, 6) is 0.645. The summed E-state index contributed by atoms with van der Waals surface area (Å²) in [5, 5.41) is 9.54. The topological polar surface area (TPSA) is 57.6 Å². The molecule has 5 heteroatoms. The van der Waals surface area contributed by atoms with Crippen LogP contribution in [0.15, 0.2) is 29.2 Å². The Balaban J connectivity index is 1.91. The van der Waals surface area contributed by atoms with E-state index in [1.807, 2.05) is 19.1 Å². The first-order valence-corrected chi connectivity index (χ1v) is 9.73. The number of benzene rings is 1. The fraction of sp³-hybridized carbons (Fsp3) is 0.647. The van der Waals surface area contributed by atoms with Crippen LogP contribution in [0.3, 0.4) is 0 Å². The molecule has 0 amide bonds. The molecule has 2 atom stereocenters. The van der Waals surface area contributed by atoms with Crippen molar-refractivity contribution in [1.29, 1.82) is 0 Å². The van der Waals surface area contributed by atoms with Crippen LogP contribution in [0.4, 0.5) is 0 Å². The van der Waals surface area contributed by atoms with Gasteiger partial charge in [-0.3, -0.25) is 4.90 Å². The Hall–Kier alpha value is -0.910. The molecule has 22 heavy (non-hydrogen) atoms. The van der Waals surface area contributed by atoms with Crippen molar-refractivity contribution >= 4 is 9.84 Å². The van der Waals surface area contributed by atoms with E-state index in [0.717, 1.165) is 31.5 Å². The molecule has 124 valence electrons. The standard InChI is InChI=1S/C17H27NO3S/c1-14-6-8-16(9-7-14)22(20,21)12-4-11-18-10-3-5-15(2)17(18)13-19/h6-9,15,17,19H,3-5,10-13H2,1-2H3. The molecule has 0 aliphatic carbocycles. The molecule has 1 heterocycles. The molecule has 0 spiro atoms. The van der Waals surface area contributed by atoms with Gasteiger partial charge in [0.15, 0.2) is 9.84 Å². The molecule has 2 rings (SSSR count). The van der Waals surface area contributed by atoms with Gasteiger partial charge in [-0.05, 0) is 57.3 Å². The lowest BCUT2D eigenvalue weighted by Gasteiger charge is -2.39. The molecule has 0 bridgehead atoms. The normalized spacial score (nSPS) is 23.6. The van der Waals surface area contributed by atoms with Crippen LogP contribution in [0.1, 0.15) is 31.7 Å². The van der Waals surface area contributed by atoms with Crippen LogP contribution in [-0.2, 0) is 9.84 Å². The van der Waals surface area contributed by atoms with Gasteiger partial charge in [-0.1, -0.05) is 24.6 Å². The second kappa shape index (κ2) is 7.57. The maximum absolute atomic E-state index is 12.3. The summed E-state index contributed by atoms with van der Waals surface area (Å²) in [4.78, 5) is 2.66. The van der Waals surface area contributed by atoms with Crippen LogP contribution < -0.4 is 0 Å². The van der Waals surface area contributed by atoms with Crippen molar-refractivity contribution < 1.29 is 13.5 Å². The van der Waals surface area contributed by atoms with E-state index in [1.165, 1.54) is 0 Å². The quantitative estimate of drug-likeness (QED) is 0.871. The second-order valence-corrected chi connectivity index (χ2v) is 8.50. The molecule has 0 saturated carbocycles. The number of aliphatic hydroxyl groups excluding tert-OH is 1. The van der Waals surface area contributed by atoms with Crippen molar-refractivity contribution in [1.82, 2.24) is 4.90 Å². The van der Waals surface area contributed by atoms with Crippen molar-refractivity contribution in [2.24, 2.45) is 5.92 Å². The zero-order valence-corrected chi connectivity index (χ0v) is 14.3. The molecule has 1 aromatic carbocycles. The zero-order valence-electron chi connectivity index (χ0n) is 13.5. The summed E-state index contributed by atoms with van der Waals surface area (Å²) < 4.78 is 24.7. The third-order valence-corrected chi connectivity index (χ3v) is 6.47. The lowest BCUT2D eigenvalue weighted by atomic mass is 9.91. The molecular formula is C17H27NO3S. The average molecular weight is 325 g/mol. The number of hydrogen-bond donors (Lipinski definition) is 1. The van der Waals surface area contributed by atoms with Crippen LogP contribution in [0.5, 0.6) is 0 Å². The highest BCUT2D eigenvalue weighted by Crippen LogP contribution is 2.23. The van der Waals surface area contributed by atoms with E-state index in [0.29, 0.717) is 17.2 Å². The number of nitrogens with zero attached hydrogens (tertiary/aromatic N) is 1. The van der Waals surface area contributed by atoms with Gasteiger partial charge in [0.25, 0.3) is 0 Å². The Morgan fingerprint density at radius 2 is 1.95 bits per heavy atom. The van der Waals surface area contributed by atoms with Gasteiger partial charge >= 0.3 is 0 Å². The van der Waals surface area contributed by atoms with E-state index in [2.05, 4.69) is 11.8 Å². The molecule has 0 aromatic heterocycles. The Morgan fingerprint density at radius 1 is 1.27 bits per heavy atom. The van der Waals surface area contributed by atoms with Crippen molar-refractivity contribution in [2.75, 3.05) is 25.4 Å². The lowest BCUT2D eigenvalue weighted by molar-refractivity contribution is 0.0533. The smallest absolute Gasteiger partial charge is 0.178 e. The van der Waals surface area contributed by atoms with Crippen molar-refractivity contribution in [2.45, 2.75) is 44.0 Å². The van der Waals surface area contributed by atoms with Gasteiger partial charge < -0.3 is 5.11 Å². The maximum Gasteiger partial charge on any atom is 0.178 e. The number of piperidine rings is 1. The molecule has 1 N–H and O–H groups in total. The monoisotopic (exact) mass is 325 g/mol. The molecule has 1 saturated heterocycles. The predicted octanol–water partition coefficient (Wildman–Crippen LogP) is 2.25. The Labute approximate surface area is 134 Å². The third-order valence-electron chi connectivity index (χ3n) is 4.66. The number of likely N-dealkylation sites (tertiary alicyclic amines) is 1. The minimum atomic E-state index is -3.20. The molecule has 2 unspecified atom stereocenters. The Bertz CT molecular complexity index is 568. The molecule has 1 aliphatic heterocycles. The molecule has 1 fully saturated rings. The van der Waals surface area contributed by atoms with Crippen LogP contribution in [0.2, 0.25) is 0 Å². The first kappa shape index (κ1) is 17.4. The minimum Gasteiger partial charge on any atom is -0.395 e. The number of rotatable bonds is 6. The predicted molar refractivity (Wildman–Crippen MR) is 88.7 cm³/mol. The van der Waals surface area contributed by atoms with Crippen molar-refractivity contribution in [3.05, 3.63) is 29.8 Å². The fourth-order valence-electron chi connectivity index (χ4n) is 3.23. The minimum absolute atomic E-state index is 0.159. The SMILES string of the molecule is Cc1ccc(S(=O)(=O)CCCN2CCCC(C)C2CO)cc1. The van der Waals surface area contributed by atoms with E-state index < -0.39 is 9.84 Å². The van der Waals surface area contributed by atoms with Gasteiger partial charge in [-0.2, -0.15) is 0 Å².